The van der Waals surface area contributed by atoms with Crippen LogP contribution in [0.3, 0.4) is 0 Å². The van der Waals surface area contributed by atoms with Gasteiger partial charge in [0.25, 0.3) is 0 Å². The fraction of sp³-hybridized carbons (Fsp3) is 0.316. The van der Waals surface area contributed by atoms with E-state index in [9.17, 15) is 18.7 Å². The Morgan fingerprint density at radius 1 is 1.19 bits per heavy atom. The number of aliphatic hydroxyl groups excluding tert-OH is 1. The Balaban J connectivity index is 0.000000828. The number of rotatable bonds is 6. The van der Waals surface area contributed by atoms with Crippen molar-refractivity contribution in [3.05, 3.63) is 71.0 Å². The molecule has 27 heavy (non-hydrogen) atoms. The zero-order valence-electron chi connectivity index (χ0n) is 15.2. The van der Waals surface area contributed by atoms with E-state index in [0.29, 0.717) is 17.5 Å². The molecule has 0 spiro atoms. The van der Waals surface area contributed by atoms with Crippen molar-refractivity contribution in [3.63, 3.8) is 0 Å². The molecule has 0 saturated heterocycles. The Kier molecular flexibility index (Phi) is 9.30. The third-order valence-corrected chi connectivity index (χ3v) is 4.46. The number of nitriles is 1. The summed E-state index contributed by atoms with van der Waals surface area (Å²) in [6.45, 7) is 3.70. The summed E-state index contributed by atoms with van der Waals surface area (Å²) in [5, 5.41) is 19.8. The van der Waals surface area contributed by atoms with Gasteiger partial charge in [-0.2, -0.15) is 5.26 Å². The average Bonchev–Trinajstić information content (AvgIpc) is 2.57. The number of benzene rings is 2. The molecule has 0 saturated carbocycles. The first-order valence-corrected chi connectivity index (χ1v) is 10.0. The first kappa shape index (κ1) is 23.0. The normalized spacial score (nSPS) is 12.1. The maximum absolute atomic E-state index is 13.1. The Labute approximate surface area is 158 Å². The first-order chi connectivity index (χ1) is 12.6. The highest BCUT2D eigenvalue weighted by Crippen LogP contribution is 2.49. The summed E-state index contributed by atoms with van der Waals surface area (Å²) in [6, 6.07) is 14.1. The van der Waals surface area contributed by atoms with E-state index in [4.69, 9.17) is 10.4 Å². The molecule has 1 unspecified atom stereocenters. The second kappa shape index (κ2) is 10.9. The second-order valence-corrected chi connectivity index (χ2v) is 7.85. The van der Waals surface area contributed by atoms with Gasteiger partial charge < -0.3 is 14.9 Å². The van der Waals surface area contributed by atoms with E-state index in [1.807, 2.05) is 6.07 Å². The summed E-state index contributed by atoms with van der Waals surface area (Å²) in [4.78, 5) is 19.1. The number of aliphatic hydroxyl groups is 1. The largest absolute Gasteiger partial charge is 0.394 e. The average molecular weight is 394 g/mol. The van der Waals surface area contributed by atoms with Gasteiger partial charge in [-0.25, -0.2) is 4.39 Å². The standard InChI is InChI=1S/C16H16FN2O3P.C3H8O/c17-15-6-2-3-12(10-15)7-8-19-16(23(20,21)22)14-5-1-4-13(9-14)11-18;1-3(2)4/h1-6,9-10,16,19H,7-8H2,(H2,20,21,22);3-4H,1-2H3. The molecule has 4 N–H and O–H groups in total. The SMILES string of the molecule is CC(C)O.N#Cc1cccc(C(NCCc2cccc(F)c2)P(=O)(O)O)c1. The Morgan fingerprint density at radius 3 is 2.37 bits per heavy atom. The van der Waals surface area contributed by atoms with Gasteiger partial charge in [0.2, 0.25) is 0 Å². The lowest BCUT2D eigenvalue weighted by Crippen LogP contribution is -2.24. The molecule has 0 fully saturated rings. The van der Waals surface area contributed by atoms with Crippen LogP contribution in [-0.2, 0) is 11.0 Å². The van der Waals surface area contributed by atoms with Crippen LogP contribution in [0.15, 0.2) is 48.5 Å². The lowest BCUT2D eigenvalue weighted by molar-refractivity contribution is 0.216. The predicted molar refractivity (Wildman–Crippen MR) is 101 cm³/mol. The molecule has 0 amide bonds. The molecule has 0 radical (unpaired) electrons. The fourth-order valence-electron chi connectivity index (χ4n) is 2.25. The van der Waals surface area contributed by atoms with Gasteiger partial charge in [-0.15, -0.1) is 0 Å². The lowest BCUT2D eigenvalue weighted by Gasteiger charge is -2.20. The minimum absolute atomic E-state index is 0.167. The highest BCUT2D eigenvalue weighted by Gasteiger charge is 2.29. The topological polar surface area (TPSA) is 114 Å². The first-order valence-electron chi connectivity index (χ1n) is 8.34. The van der Waals surface area contributed by atoms with E-state index in [0.717, 1.165) is 5.56 Å². The van der Waals surface area contributed by atoms with Crippen molar-refractivity contribution in [3.8, 4) is 6.07 Å². The van der Waals surface area contributed by atoms with Gasteiger partial charge in [0.15, 0.2) is 0 Å². The van der Waals surface area contributed by atoms with E-state index in [2.05, 4.69) is 5.32 Å². The zero-order chi connectivity index (χ0) is 20.4. The van der Waals surface area contributed by atoms with Crippen molar-refractivity contribution in [1.82, 2.24) is 5.32 Å². The Morgan fingerprint density at radius 2 is 1.81 bits per heavy atom. The quantitative estimate of drug-likeness (QED) is 0.560. The van der Waals surface area contributed by atoms with E-state index in [1.54, 1.807) is 44.2 Å². The summed E-state index contributed by atoms with van der Waals surface area (Å²) in [5.41, 5.74) is 1.40. The third-order valence-electron chi connectivity index (χ3n) is 3.31. The molecule has 0 aliphatic rings. The minimum Gasteiger partial charge on any atom is -0.394 e. The highest BCUT2D eigenvalue weighted by molar-refractivity contribution is 7.52. The molecule has 0 heterocycles. The van der Waals surface area contributed by atoms with Crippen molar-refractivity contribution >= 4 is 7.60 Å². The molecule has 2 rings (SSSR count). The van der Waals surface area contributed by atoms with Crippen LogP contribution in [0.4, 0.5) is 4.39 Å². The van der Waals surface area contributed by atoms with Crippen molar-refractivity contribution < 1.29 is 23.8 Å². The van der Waals surface area contributed by atoms with E-state index in [1.165, 1.54) is 18.2 Å². The Bertz CT molecular complexity index is 815. The summed E-state index contributed by atoms with van der Waals surface area (Å²) < 4.78 is 24.8. The van der Waals surface area contributed by atoms with Crippen LogP contribution in [0.5, 0.6) is 0 Å². The maximum atomic E-state index is 13.1. The molecule has 2 aromatic carbocycles. The van der Waals surface area contributed by atoms with Crippen LogP contribution in [0, 0.1) is 17.1 Å². The van der Waals surface area contributed by atoms with Gasteiger partial charge in [-0.05, 0) is 55.7 Å². The number of nitrogens with one attached hydrogen (secondary N) is 1. The molecule has 6 nitrogen and oxygen atoms in total. The minimum atomic E-state index is -4.45. The van der Waals surface area contributed by atoms with Crippen molar-refractivity contribution in [2.75, 3.05) is 6.54 Å². The molecule has 8 heteroatoms. The monoisotopic (exact) mass is 394 g/mol. The maximum Gasteiger partial charge on any atom is 0.346 e. The Hall–Kier alpha value is -2.07. The lowest BCUT2D eigenvalue weighted by atomic mass is 10.1. The number of hydrogen-bond donors (Lipinski definition) is 4. The van der Waals surface area contributed by atoms with Crippen LogP contribution < -0.4 is 5.32 Å². The van der Waals surface area contributed by atoms with Crippen molar-refractivity contribution in [2.24, 2.45) is 0 Å². The summed E-state index contributed by atoms with van der Waals surface area (Å²) in [5.74, 6) is -1.56. The number of halogens is 1. The number of hydrogen-bond acceptors (Lipinski definition) is 4. The predicted octanol–water partition coefficient (Wildman–Crippen LogP) is 3.09. The van der Waals surface area contributed by atoms with Crippen molar-refractivity contribution in [2.45, 2.75) is 32.2 Å². The van der Waals surface area contributed by atoms with E-state index >= 15 is 0 Å². The molecule has 146 valence electrons. The van der Waals surface area contributed by atoms with Crippen LogP contribution in [0.2, 0.25) is 0 Å². The van der Waals surface area contributed by atoms with Gasteiger partial charge in [-0.3, -0.25) is 9.88 Å². The van der Waals surface area contributed by atoms with Gasteiger partial charge in [0.1, 0.15) is 11.6 Å². The smallest absolute Gasteiger partial charge is 0.346 e. The zero-order valence-corrected chi connectivity index (χ0v) is 16.1. The van der Waals surface area contributed by atoms with Gasteiger partial charge in [0, 0.05) is 12.6 Å². The van der Waals surface area contributed by atoms with Gasteiger partial charge in [-0.1, -0.05) is 24.3 Å². The van der Waals surface area contributed by atoms with Crippen LogP contribution >= 0.6 is 7.60 Å². The second-order valence-electron chi connectivity index (χ2n) is 6.16. The summed E-state index contributed by atoms with van der Waals surface area (Å²) in [7, 11) is -4.45. The molecular formula is C19H24FN2O4P. The van der Waals surface area contributed by atoms with Gasteiger partial charge in [0.05, 0.1) is 11.6 Å². The van der Waals surface area contributed by atoms with Crippen LogP contribution in [0.1, 0.15) is 36.3 Å². The highest BCUT2D eigenvalue weighted by atomic mass is 31.2. The molecule has 0 aliphatic carbocycles. The molecule has 0 bridgehead atoms. The molecular weight excluding hydrogens is 370 g/mol. The molecule has 2 aromatic rings. The van der Waals surface area contributed by atoms with E-state index < -0.39 is 13.4 Å². The summed E-state index contributed by atoms with van der Waals surface area (Å²) in [6.07, 6.45) is 0.256. The van der Waals surface area contributed by atoms with Crippen LogP contribution in [-0.4, -0.2) is 27.5 Å². The van der Waals surface area contributed by atoms with E-state index in [-0.39, 0.29) is 18.5 Å². The van der Waals surface area contributed by atoms with Gasteiger partial charge >= 0.3 is 7.60 Å². The van der Waals surface area contributed by atoms with Crippen LogP contribution in [0.25, 0.3) is 0 Å². The molecule has 1 atom stereocenters. The third kappa shape index (κ3) is 8.91. The summed E-state index contributed by atoms with van der Waals surface area (Å²) >= 11 is 0. The fourth-order valence-corrected chi connectivity index (χ4v) is 3.17. The number of nitrogens with zero attached hydrogens (tertiary/aromatic N) is 1. The molecule has 0 aliphatic heterocycles. The van der Waals surface area contributed by atoms with Crippen molar-refractivity contribution in [1.29, 1.82) is 5.26 Å². The molecule has 0 aromatic heterocycles.